The van der Waals surface area contributed by atoms with Gasteiger partial charge in [0.2, 0.25) is 0 Å². The number of rotatable bonds is 3. The zero-order valence-corrected chi connectivity index (χ0v) is 19.7. The Morgan fingerprint density at radius 1 is 1.16 bits per heavy atom. The lowest BCUT2D eigenvalue weighted by Gasteiger charge is -2.35. The first-order chi connectivity index (χ1) is 14.7. The topological polar surface area (TPSA) is 63.2 Å². The number of nitrogens with one attached hydrogen (secondary N) is 1. The molecule has 2 heterocycles. The summed E-state index contributed by atoms with van der Waals surface area (Å²) >= 11 is 3.39. The number of benzene rings is 2. The summed E-state index contributed by atoms with van der Waals surface area (Å²) in [4.78, 5) is 23.6. The van der Waals surface area contributed by atoms with Crippen molar-refractivity contribution in [3.63, 3.8) is 0 Å². The van der Waals surface area contributed by atoms with Crippen molar-refractivity contribution < 1.29 is 14.5 Å². The standard InChI is InChI=1S/C24H28BrN3O3/c1-23(2,3)18-9-7-17(8-10-18)21-16-24(31-27-21)11-13-28(14-12-24)30-22(29)26-20-6-4-5-19(25)15-20/h4-10,15H,11-14,16H2,1-3H3,(H,26,29). The molecule has 1 N–H and O–H groups in total. The van der Waals surface area contributed by atoms with E-state index in [4.69, 9.17) is 9.68 Å². The molecule has 6 nitrogen and oxygen atoms in total. The van der Waals surface area contributed by atoms with Gasteiger partial charge in [-0.25, -0.2) is 4.79 Å². The van der Waals surface area contributed by atoms with Crippen LogP contribution in [0.3, 0.4) is 0 Å². The van der Waals surface area contributed by atoms with Gasteiger partial charge in [0, 0.05) is 42.5 Å². The number of nitrogens with zero attached hydrogens (tertiary/aromatic N) is 2. The fourth-order valence-corrected chi connectivity index (χ4v) is 4.32. The zero-order valence-electron chi connectivity index (χ0n) is 18.2. The summed E-state index contributed by atoms with van der Waals surface area (Å²) < 4.78 is 0.896. The number of piperidine rings is 1. The maximum Gasteiger partial charge on any atom is 0.430 e. The molecule has 0 aromatic heterocycles. The van der Waals surface area contributed by atoms with Gasteiger partial charge in [-0.3, -0.25) is 5.32 Å². The van der Waals surface area contributed by atoms with Crippen molar-refractivity contribution >= 4 is 33.4 Å². The smallest absolute Gasteiger partial charge is 0.388 e. The quantitative estimate of drug-likeness (QED) is 0.590. The Hall–Kier alpha value is -2.38. The number of carbonyl (C=O) groups is 1. The fraction of sp³-hybridized carbons (Fsp3) is 0.417. The molecule has 0 aliphatic carbocycles. The molecule has 1 fully saturated rings. The predicted molar refractivity (Wildman–Crippen MR) is 125 cm³/mol. The van der Waals surface area contributed by atoms with Crippen LogP contribution in [0.1, 0.15) is 51.2 Å². The maximum absolute atomic E-state index is 12.2. The SMILES string of the molecule is CC(C)(C)c1ccc(C2=NOC3(CCN(OC(=O)Nc4cccc(Br)c4)CC3)C2)cc1. The number of halogens is 1. The van der Waals surface area contributed by atoms with E-state index in [1.54, 1.807) is 5.06 Å². The van der Waals surface area contributed by atoms with Crippen LogP contribution in [0.2, 0.25) is 0 Å². The first kappa shape index (κ1) is 21.8. The molecule has 2 aliphatic heterocycles. The first-order valence-electron chi connectivity index (χ1n) is 10.6. The van der Waals surface area contributed by atoms with Crippen LogP contribution in [0, 0.1) is 0 Å². The molecule has 2 aromatic carbocycles. The van der Waals surface area contributed by atoms with E-state index in [0.717, 1.165) is 35.0 Å². The van der Waals surface area contributed by atoms with Gasteiger partial charge in [0.15, 0.2) is 0 Å². The van der Waals surface area contributed by atoms with Crippen LogP contribution in [0.25, 0.3) is 0 Å². The van der Waals surface area contributed by atoms with Crippen LogP contribution in [0.15, 0.2) is 58.2 Å². The Labute approximate surface area is 191 Å². The molecule has 4 rings (SSSR count). The molecule has 0 bridgehead atoms. The van der Waals surface area contributed by atoms with E-state index in [1.807, 2.05) is 24.3 Å². The van der Waals surface area contributed by atoms with Crippen molar-refractivity contribution in [1.29, 1.82) is 0 Å². The molecule has 1 saturated heterocycles. The van der Waals surface area contributed by atoms with Gasteiger partial charge in [0.25, 0.3) is 0 Å². The Morgan fingerprint density at radius 3 is 2.52 bits per heavy atom. The summed E-state index contributed by atoms with van der Waals surface area (Å²) in [5, 5.41) is 8.84. The molecule has 1 amide bonds. The van der Waals surface area contributed by atoms with Crippen LogP contribution >= 0.6 is 15.9 Å². The predicted octanol–water partition coefficient (Wildman–Crippen LogP) is 5.87. The second-order valence-corrected chi connectivity index (χ2v) is 10.2. The largest absolute Gasteiger partial charge is 0.430 e. The van der Waals surface area contributed by atoms with E-state index in [1.165, 1.54) is 5.56 Å². The minimum atomic E-state index is -0.489. The molecule has 0 saturated carbocycles. The minimum absolute atomic E-state index is 0.129. The van der Waals surface area contributed by atoms with E-state index in [0.29, 0.717) is 18.8 Å². The summed E-state index contributed by atoms with van der Waals surface area (Å²) in [5.74, 6) is 0. The fourth-order valence-electron chi connectivity index (χ4n) is 3.92. The van der Waals surface area contributed by atoms with Crippen LogP contribution in [-0.2, 0) is 15.1 Å². The van der Waals surface area contributed by atoms with Gasteiger partial charge in [0.05, 0.1) is 5.71 Å². The number of hydrogen-bond donors (Lipinski definition) is 1. The van der Waals surface area contributed by atoms with Crippen LogP contribution in [0.4, 0.5) is 10.5 Å². The lowest BCUT2D eigenvalue weighted by Crippen LogP contribution is -2.45. The molecule has 31 heavy (non-hydrogen) atoms. The lowest BCUT2D eigenvalue weighted by atomic mass is 9.84. The second-order valence-electron chi connectivity index (χ2n) is 9.26. The van der Waals surface area contributed by atoms with Gasteiger partial charge >= 0.3 is 6.09 Å². The van der Waals surface area contributed by atoms with E-state index < -0.39 is 6.09 Å². The van der Waals surface area contributed by atoms with Crippen LogP contribution in [0.5, 0.6) is 0 Å². The normalized spacial score (nSPS) is 18.4. The molecule has 2 aliphatic rings. The van der Waals surface area contributed by atoms with Crippen molar-refractivity contribution in [3.05, 3.63) is 64.1 Å². The van der Waals surface area contributed by atoms with Crippen molar-refractivity contribution in [2.75, 3.05) is 18.4 Å². The summed E-state index contributed by atoms with van der Waals surface area (Å²) in [6, 6.07) is 16.0. The molecule has 7 heteroatoms. The van der Waals surface area contributed by atoms with Crippen LogP contribution < -0.4 is 5.32 Å². The third-order valence-corrected chi connectivity index (χ3v) is 6.33. The molecule has 0 atom stereocenters. The summed E-state index contributed by atoms with van der Waals surface area (Å²) in [6.45, 7) is 7.85. The van der Waals surface area contributed by atoms with E-state index in [2.05, 4.69) is 71.4 Å². The van der Waals surface area contributed by atoms with Gasteiger partial charge in [-0.05, 0) is 34.7 Å². The highest BCUT2D eigenvalue weighted by atomic mass is 79.9. The number of hydroxylamine groups is 2. The molecular formula is C24H28BrN3O3. The van der Waals surface area contributed by atoms with Crippen molar-refractivity contribution in [2.24, 2.45) is 5.16 Å². The van der Waals surface area contributed by atoms with Gasteiger partial charge in [0.1, 0.15) is 5.60 Å². The van der Waals surface area contributed by atoms with E-state index in [9.17, 15) is 4.79 Å². The van der Waals surface area contributed by atoms with Gasteiger partial charge in [-0.1, -0.05) is 72.2 Å². The minimum Gasteiger partial charge on any atom is -0.388 e. The molecule has 2 aromatic rings. The highest BCUT2D eigenvalue weighted by Gasteiger charge is 2.43. The summed E-state index contributed by atoms with van der Waals surface area (Å²) in [5.41, 5.74) is 3.90. The van der Waals surface area contributed by atoms with Gasteiger partial charge in [-0.2, -0.15) is 0 Å². The first-order valence-corrected chi connectivity index (χ1v) is 11.4. The van der Waals surface area contributed by atoms with Crippen LogP contribution in [-0.4, -0.2) is 35.6 Å². The second kappa shape index (κ2) is 8.63. The number of anilines is 1. The average Bonchev–Trinajstić information content (AvgIpc) is 3.13. The lowest BCUT2D eigenvalue weighted by molar-refractivity contribution is -0.154. The Kier molecular flexibility index (Phi) is 6.08. The number of oxime groups is 1. The van der Waals surface area contributed by atoms with Crippen molar-refractivity contribution in [2.45, 2.75) is 51.0 Å². The molecule has 0 radical (unpaired) electrons. The molecular weight excluding hydrogens is 458 g/mol. The highest BCUT2D eigenvalue weighted by Crippen LogP contribution is 2.36. The Balaban J connectivity index is 1.28. The number of carbonyl (C=O) groups excluding carboxylic acids is 1. The monoisotopic (exact) mass is 485 g/mol. The van der Waals surface area contributed by atoms with Crippen molar-refractivity contribution in [3.8, 4) is 0 Å². The van der Waals surface area contributed by atoms with E-state index >= 15 is 0 Å². The third kappa shape index (κ3) is 5.28. The average molecular weight is 486 g/mol. The van der Waals surface area contributed by atoms with Crippen molar-refractivity contribution in [1.82, 2.24) is 5.06 Å². The number of amides is 1. The molecule has 0 unspecified atom stereocenters. The van der Waals surface area contributed by atoms with E-state index in [-0.39, 0.29) is 11.0 Å². The maximum atomic E-state index is 12.2. The molecule has 164 valence electrons. The number of hydrogen-bond acceptors (Lipinski definition) is 5. The van der Waals surface area contributed by atoms with Gasteiger partial charge < -0.3 is 9.68 Å². The highest BCUT2D eigenvalue weighted by molar-refractivity contribution is 9.10. The Bertz CT molecular complexity index is 974. The summed E-state index contributed by atoms with van der Waals surface area (Å²) in [7, 11) is 0. The summed E-state index contributed by atoms with van der Waals surface area (Å²) in [6.07, 6.45) is 1.80. The van der Waals surface area contributed by atoms with Gasteiger partial charge in [-0.15, -0.1) is 5.06 Å². The molecule has 1 spiro atoms. The zero-order chi connectivity index (χ0) is 22.1. The third-order valence-electron chi connectivity index (χ3n) is 5.84. The Morgan fingerprint density at radius 2 is 1.87 bits per heavy atom.